The minimum atomic E-state index is -0.0919. The van der Waals surface area contributed by atoms with E-state index in [1.54, 1.807) is 6.08 Å². The van der Waals surface area contributed by atoms with Gasteiger partial charge < -0.3 is 0 Å². The van der Waals surface area contributed by atoms with Crippen molar-refractivity contribution in [2.24, 2.45) is 0 Å². The minimum absolute atomic E-state index is 0.0919. The van der Waals surface area contributed by atoms with Crippen LogP contribution in [0.2, 0.25) is 0 Å². The van der Waals surface area contributed by atoms with Gasteiger partial charge in [0.05, 0.1) is 0 Å². The summed E-state index contributed by atoms with van der Waals surface area (Å²) in [6.07, 6.45) is 6.89. The highest BCUT2D eigenvalue weighted by Crippen LogP contribution is 2.04. The van der Waals surface area contributed by atoms with Gasteiger partial charge >= 0.3 is 0 Å². The lowest BCUT2D eigenvalue weighted by Gasteiger charge is -1.97. The fourth-order valence-corrected chi connectivity index (χ4v) is 1.25. The Labute approximate surface area is 79.7 Å². The summed E-state index contributed by atoms with van der Waals surface area (Å²) in [5.41, 5.74) is 1.37. The predicted octanol–water partition coefficient (Wildman–Crippen LogP) is 3.00. The van der Waals surface area contributed by atoms with E-state index in [2.05, 4.69) is 24.3 Å². The number of hydrogen-bond donors (Lipinski definition) is 0. The van der Waals surface area contributed by atoms with Crippen molar-refractivity contribution in [2.75, 3.05) is 6.61 Å². The summed E-state index contributed by atoms with van der Waals surface area (Å²) in [5, 5.41) is 10.1. The van der Waals surface area contributed by atoms with Crippen LogP contribution in [0.25, 0.3) is 0 Å². The van der Waals surface area contributed by atoms with Crippen LogP contribution in [-0.2, 0) is 11.5 Å². The molecule has 69 valence electrons. The van der Waals surface area contributed by atoms with Gasteiger partial charge in [0.25, 0.3) is 0 Å². The summed E-state index contributed by atoms with van der Waals surface area (Å²) in [6.45, 7) is -0.0919. The maximum absolute atomic E-state index is 10.1. The molecule has 1 radical (unpaired) electrons. The lowest BCUT2D eigenvalue weighted by atomic mass is 10.1. The summed E-state index contributed by atoms with van der Waals surface area (Å²) in [6, 6.07) is 10.4. The van der Waals surface area contributed by atoms with Crippen LogP contribution in [0, 0.1) is 0 Å². The second-order valence-electron chi connectivity index (χ2n) is 3.02. The molecule has 0 saturated heterocycles. The van der Waals surface area contributed by atoms with Crippen LogP contribution in [0.5, 0.6) is 0 Å². The first-order valence-electron chi connectivity index (χ1n) is 4.70. The molecular formula is C12H15O. The maximum atomic E-state index is 10.1. The Balaban J connectivity index is 2.17. The summed E-state index contributed by atoms with van der Waals surface area (Å²) in [7, 11) is 0. The number of rotatable bonds is 5. The maximum Gasteiger partial charge on any atom is 0.100 e. The summed E-state index contributed by atoms with van der Waals surface area (Å²) in [4.78, 5) is 0. The number of allylic oxidation sites excluding steroid dienone is 1. The highest BCUT2D eigenvalue weighted by Gasteiger charge is 1.89. The van der Waals surface area contributed by atoms with E-state index in [-0.39, 0.29) is 6.61 Å². The number of unbranched alkanes of at least 4 members (excludes halogenated alkanes) is 1. The molecule has 0 amide bonds. The molecule has 0 aliphatic rings. The summed E-state index contributed by atoms with van der Waals surface area (Å²) >= 11 is 0. The standard InChI is InChI=1S/C12H15O/c13-11-7-2-1-4-8-12-9-5-3-6-10-12/h2-3,5-7,9-10H,1,4,8,11H2/b7-2+. The zero-order chi connectivity index (χ0) is 9.36. The zero-order valence-electron chi connectivity index (χ0n) is 7.78. The fourth-order valence-electron chi connectivity index (χ4n) is 1.25. The van der Waals surface area contributed by atoms with Gasteiger partial charge in [-0.1, -0.05) is 42.5 Å². The monoisotopic (exact) mass is 175 g/mol. The smallest absolute Gasteiger partial charge is 0.100 e. The second-order valence-corrected chi connectivity index (χ2v) is 3.02. The highest BCUT2D eigenvalue weighted by atomic mass is 16.2. The third-order valence-electron chi connectivity index (χ3n) is 1.94. The van der Waals surface area contributed by atoms with Crippen molar-refractivity contribution >= 4 is 0 Å². The van der Waals surface area contributed by atoms with Gasteiger partial charge in [-0.2, -0.15) is 0 Å². The van der Waals surface area contributed by atoms with Crippen molar-refractivity contribution in [3.63, 3.8) is 0 Å². The van der Waals surface area contributed by atoms with E-state index in [1.807, 2.05) is 12.1 Å². The Morgan fingerprint density at radius 3 is 2.54 bits per heavy atom. The van der Waals surface area contributed by atoms with Crippen LogP contribution in [0.15, 0.2) is 42.5 Å². The molecule has 1 aromatic rings. The highest BCUT2D eigenvalue weighted by molar-refractivity contribution is 5.14. The molecule has 1 aromatic carbocycles. The van der Waals surface area contributed by atoms with Crippen LogP contribution < -0.4 is 0 Å². The van der Waals surface area contributed by atoms with Gasteiger partial charge in [0.1, 0.15) is 6.61 Å². The molecule has 0 fully saturated rings. The van der Waals surface area contributed by atoms with Crippen molar-refractivity contribution in [3.05, 3.63) is 48.0 Å². The van der Waals surface area contributed by atoms with Gasteiger partial charge in [-0.3, -0.25) is 0 Å². The van der Waals surface area contributed by atoms with Gasteiger partial charge in [0, 0.05) is 0 Å². The lowest BCUT2D eigenvalue weighted by molar-refractivity contribution is 0.232. The molecule has 0 heterocycles. The van der Waals surface area contributed by atoms with Crippen LogP contribution in [0.3, 0.4) is 0 Å². The fraction of sp³-hybridized carbons (Fsp3) is 0.333. The third-order valence-corrected chi connectivity index (χ3v) is 1.94. The molecule has 1 rings (SSSR count). The first-order valence-corrected chi connectivity index (χ1v) is 4.70. The summed E-state index contributed by atoms with van der Waals surface area (Å²) in [5.74, 6) is 0. The van der Waals surface area contributed by atoms with Gasteiger partial charge in [0.15, 0.2) is 0 Å². The normalized spacial score (nSPS) is 10.8. The van der Waals surface area contributed by atoms with Crippen LogP contribution in [0.1, 0.15) is 18.4 Å². The molecule has 1 nitrogen and oxygen atoms in total. The van der Waals surface area contributed by atoms with E-state index >= 15 is 0 Å². The topological polar surface area (TPSA) is 19.9 Å². The molecule has 0 aliphatic heterocycles. The number of hydrogen-bond acceptors (Lipinski definition) is 0. The van der Waals surface area contributed by atoms with Crippen LogP contribution in [-0.4, -0.2) is 6.61 Å². The summed E-state index contributed by atoms with van der Waals surface area (Å²) < 4.78 is 0. The van der Waals surface area contributed by atoms with Gasteiger partial charge in [-0.15, -0.1) is 0 Å². The van der Waals surface area contributed by atoms with Crippen molar-refractivity contribution < 1.29 is 5.11 Å². The quantitative estimate of drug-likeness (QED) is 0.484. The first-order chi connectivity index (χ1) is 6.43. The number of benzene rings is 1. The van der Waals surface area contributed by atoms with Gasteiger partial charge in [-0.05, 0) is 24.8 Å². The van der Waals surface area contributed by atoms with Crippen molar-refractivity contribution in [1.82, 2.24) is 0 Å². The Bertz CT molecular complexity index is 239. The lowest BCUT2D eigenvalue weighted by Crippen LogP contribution is -1.83. The van der Waals surface area contributed by atoms with Crippen molar-refractivity contribution in [1.29, 1.82) is 0 Å². The molecule has 0 unspecified atom stereocenters. The van der Waals surface area contributed by atoms with E-state index in [1.165, 1.54) is 5.56 Å². The third kappa shape index (κ3) is 4.48. The Hall–Kier alpha value is -1.08. The van der Waals surface area contributed by atoms with Gasteiger partial charge in [-0.25, -0.2) is 5.11 Å². The SMILES string of the molecule is [O]C/C=C/CCCc1ccccc1. The van der Waals surface area contributed by atoms with Crippen LogP contribution in [0.4, 0.5) is 0 Å². The van der Waals surface area contributed by atoms with E-state index in [4.69, 9.17) is 0 Å². The average molecular weight is 175 g/mol. The molecule has 0 bridgehead atoms. The average Bonchev–Trinajstić information content (AvgIpc) is 2.19. The molecule has 0 aliphatic carbocycles. The largest absolute Gasteiger partial charge is 0.232 e. The Kier molecular flexibility index (Phi) is 4.95. The molecule has 0 saturated carbocycles. The zero-order valence-corrected chi connectivity index (χ0v) is 7.78. The Morgan fingerprint density at radius 2 is 1.85 bits per heavy atom. The predicted molar refractivity (Wildman–Crippen MR) is 54.1 cm³/mol. The second kappa shape index (κ2) is 6.44. The molecule has 1 heteroatoms. The molecule has 0 atom stereocenters. The minimum Gasteiger partial charge on any atom is -0.232 e. The molecule has 13 heavy (non-hydrogen) atoms. The van der Waals surface area contributed by atoms with Crippen LogP contribution >= 0.6 is 0 Å². The van der Waals surface area contributed by atoms with E-state index in [9.17, 15) is 5.11 Å². The molecule has 0 N–H and O–H groups in total. The first kappa shape index (κ1) is 10.0. The van der Waals surface area contributed by atoms with Crippen molar-refractivity contribution in [3.8, 4) is 0 Å². The molecular weight excluding hydrogens is 160 g/mol. The van der Waals surface area contributed by atoms with E-state index in [0.29, 0.717) is 0 Å². The number of aryl methyl sites for hydroxylation is 1. The molecule has 0 aromatic heterocycles. The molecule has 0 spiro atoms. The van der Waals surface area contributed by atoms with E-state index < -0.39 is 0 Å². The van der Waals surface area contributed by atoms with Crippen molar-refractivity contribution in [2.45, 2.75) is 19.3 Å². The van der Waals surface area contributed by atoms with E-state index in [0.717, 1.165) is 19.3 Å². The van der Waals surface area contributed by atoms with Gasteiger partial charge in [0.2, 0.25) is 0 Å². The Morgan fingerprint density at radius 1 is 1.08 bits per heavy atom.